The molecule has 0 radical (unpaired) electrons. The number of amides is 1. The third kappa shape index (κ3) is 5.89. The molecule has 3 aromatic rings. The van der Waals surface area contributed by atoms with Crippen molar-refractivity contribution in [1.82, 2.24) is 10.2 Å². The number of hydrogen-bond donors (Lipinski definition) is 1. The lowest BCUT2D eigenvalue weighted by Gasteiger charge is -2.28. The zero-order chi connectivity index (χ0) is 24.8. The fourth-order valence-electron chi connectivity index (χ4n) is 4.08. The topological polar surface area (TPSA) is 47.9 Å². The maximum absolute atomic E-state index is 13.5. The summed E-state index contributed by atoms with van der Waals surface area (Å²) in [6.45, 7) is 3.60. The van der Waals surface area contributed by atoms with Crippen LogP contribution in [0.4, 0.5) is 5.69 Å². The molecule has 3 aromatic carbocycles. The van der Waals surface area contributed by atoms with Gasteiger partial charge in [0, 0.05) is 36.3 Å². The van der Waals surface area contributed by atoms with Crippen molar-refractivity contribution < 1.29 is 4.79 Å². The Kier molecular flexibility index (Phi) is 8.16. The number of unbranched alkanes of at least 4 members (excludes halogenated alkanes) is 1. The third-order valence-corrected chi connectivity index (χ3v) is 6.60. The van der Waals surface area contributed by atoms with E-state index in [9.17, 15) is 4.79 Å². The molecule has 0 aromatic heterocycles. The molecule has 0 spiro atoms. The first-order chi connectivity index (χ1) is 17.0. The van der Waals surface area contributed by atoms with Crippen LogP contribution >= 0.6 is 23.8 Å². The van der Waals surface area contributed by atoms with E-state index in [0.717, 1.165) is 41.8 Å². The van der Waals surface area contributed by atoms with Crippen molar-refractivity contribution in [3.05, 3.63) is 101 Å². The number of aliphatic imine (C=N–C) groups is 1. The molecule has 1 amide bonds. The van der Waals surface area contributed by atoms with Crippen LogP contribution in [0.5, 0.6) is 0 Å². The van der Waals surface area contributed by atoms with E-state index >= 15 is 0 Å². The molecule has 0 bridgehead atoms. The minimum atomic E-state index is -0.867. The predicted molar refractivity (Wildman–Crippen MR) is 148 cm³/mol. The second-order valence-electron chi connectivity index (χ2n) is 8.52. The van der Waals surface area contributed by atoms with Crippen LogP contribution in [0.3, 0.4) is 0 Å². The lowest BCUT2D eigenvalue weighted by molar-refractivity contribution is -0.119. The molecule has 1 unspecified atom stereocenters. The van der Waals surface area contributed by atoms with Gasteiger partial charge in [0.2, 0.25) is 6.17 Å². The first kappa shape index (κ1) is 24.9. The smallest absolute Gasteiger partial charge is 0.272 e. The van der Waals surface area contributed by atoms with Crippen molar-refractivity contribution in [3.63, 3.8) is 0 Å². The molecule has 7 heteroatoms. The van der Waals surface area contributed by atoms with E-state index in [-0.39, 0.29) is 5.91 Å². The molecule has 1 aliphatic heterocycles. The summed E-state index contributed by atoms with van der Waals surface area (Å²) in [5, 5.41) is 4.36. The summed E-state index contributed by atoms with van der Waals surface area (Å²) in [4.78, 5) is 22.2. The van der Waals surface area contributed by atoms with E-state index in [0.29, 0.717) is 22.4 Å². The summed E-state index contributed by atoms with van der Waals surface area (Å²) in [5.74, 6) is -0.183. The average molecular weight is 505 g/mol. The zero-order valence-electron chi connectivity index (χ0n) is 19.9. The first-order valence-electron chi connectivity index (χ1n) is 11.8. The quantitative estimate of drug-likeness (QED) is 0.422. The lowest BCUT2D eigenvalue weighted by atomic mass is 10.0. The highest BCUT2D eigenvalue weighted by Gasteiger charge is 2.31. The van der Waals surface area contributed by atoms with Gasteiger partial charge in [-0.3, -0.25) is 4.79 Å². The van der Waals surface area contributed by atoms with Gasteiger partial charge in [-0.25, -0.2) is 4.99 Å². The number of halogens is 1. The summed E-state index contributed by atoms with van der Waals surface area (Å²) in [5.41, 5.74) is 4.33. The standard InChI is InChI=1S/C28H29ClN4OS/c1-3-4-17-33(19-20-11-7-5-8-12-20)28(35)31-26-27(34)32(2)24-16-15-22(29)18-23(24)25(30-26)21-13-9-6-10-14-21/h5-16,18,26H,3-4,17,19H2,1-2H3,(H,31,35). The van der Waals surface area contributed by atoms with Crippen molar-refractivity contribution in [2.24, 2.45) is 4.99 Å². The van der Waals surface area contributed by atoms with E-state index in [1.807, 2.05) is 60.7 Å². The molecule has 35 heavy (non-hydrogen) atoms. The number of carbonyl (C=O) groups excluding carboxylic acids is 1. The molecule has 1 atom stereocenters. The number of nitrogens with zero attached hydrogens (tertiary/aromatic N) is 3. The van der Waals surface area contributed by atoms with Gasteiger partial charge < -0.3 is 15.1 Å². The predicted octanol–water partition coefficient (Wildman–Crippen LogP) is 5.66. The van der Waals surface area contributed by atoms with Crippen LogP contribution in [-0.2, 0) is 11.3 Å². The SMILES string of the molecule is CCCCN(Cc1ccccc1)C(=S)NC1N=C(c2ccccc2)c2cc(Cl)ccc2N(C)C1=O. The van der Waals surface area contributed by atoms with Gasteiger partial charge in [-0.1, -0.05) is 85.6 Å². The van der Waals surface area contributed by atoms with Crippen LogP contribution in [0.15, 0.2) is 83.9 Å². The van der Waals surface area contributed by atoms with Crippen LogP contribution in [0.25, 0.3) is 0 Å². The molecule has 1 heterocycles. The maximum atomic E-state index is 13.5. The number of benzene rings is 3. The number of rotatable bonds is 7. The van der Waals surface area contributed by atoms with E-state index in [1.165, 1.54) is 0 Å². The second-order valence-corrected chi connectivity index (χ2v) is 9.34. The number of fused-ring (bicyclic) bond motifs is 1. The average Bonchev–Trinajstić information content (AvgIpc) is 2.98. The van der Waals surface area contributed by atoms with E-state index in [1.54, 1.807) is 18.0 Å². The van der Waals surface area contributed by atoms with Gasteiger partial charge in [0.1, 0.15) is 0 Å². The normalized spacial score (nSPS) is 15.2. The Labute approximate surface area is 217 Å². The zero-order valence-corrected chi connectivity index (χ0v) is 21.5. The minimum Gasteiger partial charge on any atom is -0.345 e. The monoisotopic (exact) mass is 504 g/mol. The van der Waals surface area contributed by atoms with E-state index in [4.69, 9.17) is 28.8 Å². The van der Waals surface area contributed by atoms with Gasteiger partial charge in [-0.05, 0) is 42.4 Å². The van der Waals surface area contributed by atoms with Gasteiger partial charge in [0.25, 0.3) is 5.91 Å². The summed E-state index contributed by atoms with van der Waals surface area (Å²) in [6.07, 6.45) is 1.18. The summed E-state index contributed by atoms with van der Waals surface area (Å²) in [6, 6.07) is 25.5. The van der Waals surface area contributed by atoms with Gasteiger partial charge in [-0.2, -0.15) is 0 Å². The van der Waals surface area contributed by atoms with Crippen molar-refractivity contribution in [3.8, 4) is 0 Å². The summed E-state index contributed by atoms with van der Waals surface area (Å²) < 4.78 is 0. The summed E-state index contributed by atoms with van der Waals surface area (Å²) in [7, 11) is 1.76. The molecule has 0 saturated carbocycles. The van der Waals surface area contributed by atoms with Gasteiger partial charge in [0.05, 0.1) is 11.4 Å². The van der Waals surface area contributed by atoms with Crippen molar-refractivity contribution >= 4 is 46.2 Å². The minimum absolute atomic E-state index is 0.183. The Morgan fingerprint density at radius 3 is 2.46 bits per heavy atom. The Morgan fingerprint density at radius 2 is 1.77 bits per heavy atom. The van der Waals surface area contributed by atoms with Crippen LogP contribution < -0.4 is 10.2 Å². The Bertz CT molecular complexity index is 1220. The fraction of sp³-hybridized carbons (Fsp3) is 0.250. The molecule has 180 valence electrons. The highest BCUT2D eigenvalue weighted by Crippen LogP contribution is 2.30. The molecular weight excluding hydrogens is 476 g/mol. The first-order valence-corrected chi connectivity index (χ1v) is 12.6. The van der Waals surface area contributed by atoms with E-state index < -0.39 is 6.17 Å². The van der Waals surface area contributed by atoms with E-state index in [2.05, 4.69) is 29.3 Å². The highest BCUT2D eigenvalue weighted by atomic mass is 35.5. The number of thiocarbonyl (C=S) groups is 1. The van der Waals surface area contributed by atoms with Gasteiger partial charge in [-0.15, -0.1) is 0 Å². The van der Waals surface area contributed by atoms with Gasteiger partial charge >= 0.3 is 0 Å². The van der Waals surface area contributed by atoms with Crippen LogP contribution in [-0.4, -0.2) is 41.4 Å². The van der Waals surface area contributed by atoms with Crippen molar-refractivity contribution in [1.29, 1.82) is 0 Å². The third-order valence-electron chi connectivity index (χ3n) is 5.99. The fourth-order valence-corrected chi connectivity index (χ4v) is 4.52. The molecule has 0 saturated heterocycles. The molecule has 0 aliphatic carbocycles. The number of benzodiazepines with no additional fused rings is 1. The maximum Gasteiger partial charge on any atom is 0.272 e. The molecule has 4 rings (SSSR count). The largest absolute Gasteiger partial charge is 0.345 e. The molecular formula is C28H29ClN4OS. The molecule has 1 aliphatic rings. The number of hydrogen-bond acceptors (Lipinski definition) is 3. The summed E-state index contributed by atoms with van der Waals surface area (Å²) >= 11 is 12.2. The number of likely N-dealkylation sites (N-methyl/N-ethyl adjacent to an activating group) is 1. The second kappa shape index (κ2) is 11.5. The number of carbonyl (C=O) groups is 1. The lowest BCUT2D eigenvalue weighted by Crippen LogP contribution is -2.50. The Balaban J connectivity index is 1.69. The molecule has 0 fully saturated rings. The Morgan fingerprint density at radius 1 is 1.09 bits per heavy atom. The molecule has 5 nitrogen and oxygen atoms in total. The van der Waals surface area contributed by atoms with Crippen molar-refractivity contribution in [2.75, 3.05) is 18.5 Å². The Hall–Kier alpha value is -3.22. The van der Waals surface area contributed by atoms with Crippen molar-refractivity contribution in [2.45, 2.75) is 32.5 Å². The molecule has 1 N–H and O–H groups in total. The van der Waals surface area contributed by atoms with Crippen LogP contribution in [0.1, 0.15) is 36.5 Å². The van der Waals surface area contributed by atoms with Crippen LogP contribution in [0.2, 0.25) is 5.02 Å². The van der Waals surface area contributed by atoms with Crippen LogP contribution in [0, 0.1) is 0 Å². The number of nitrogens with one attached hydrogen (secondary N) is 1. The van der Waals surface area contributed by atoms with Gasteiger partial charge in [0.15, 0.2) is 5.11 Å². The number of anilines is 1. The highest BCUT2D eigenvalue weighted by molar-refractivity contribution is 7.80.